The number of rotatable bonds is 8. The van der Waals surface area contributed by atoms with Gasteiger partial charge in [-0.25, -0.2) is 0 Å². The van der Waals surface area contributed by atoms with Gasteiger partial charge >= 0.3 is 0 Å². The Kier molecular flexibility index (Phi) is 6.96. The first-order chi connectivity index (χ1) is 9.40. The van der Waals surface area contributed by atoms with Gasteiger partial charge in [-0.3, -0.25) is 0 Å². The number of hydrogen-bond acceptors (Lipinski definition) is 3. The van der Waals surface area contributed by atoms with Crippen molar-refractivity contribution in [1.82, 2.24) is 0 Å². The van der Waals surface area contributed by atoms with E-state index in [1.54, 1.807) is 0 Å². The topological polar surface area (TPSA) is 44.5 Å². The monoisotopic (exact) mass is 295 g/mol. The second-order valence-electron chi connectivity index (χ2n) is 5.99. The van der Waals surface area contributed by atoms with Crippen LogP contribution in [-0.4, -0.2) is 24.8 Å². The predicted molar refractivity (Wildman–Crippen MR) is 87.3 cm³/mol. The van der Waals surface area contributed by atoms with E-state index in [0.717, 1.165) is 30.8 Å². The second-order valence-corrected chi connectivity index (χ2v) is 6.43. The minimum atomic E-state index is 0.326. The maximum absolute atomic E-state index is 5.70. The van der Waals surface area contributed by atoms with E-state index < -0.39 is 0 Å². The van der Waals surface area contributed by atoms with Gasteiger partial charge in [0.05, 0.1) is 12.2 Å². The largest absolute Gasteiger partial charge is 0.493 e. The minimum Gasteiger partial charge on any atom is -0.493 e. The van der Waals surface area contributed by atoms with E-state index in [2.05, 4.69) is 20.8 Å². The third-order valence-corrected chi connectivity index (χ3v) is 3.06. The molecule has 4 heteroatoms. The molecule has 0 fully saturated rings. The highest BCUT2D eigenvalue weighted by Crippen LogP contribution is 2.19. The van der Waals surface area contributed by atoms with E-state index in [9.17, 15) is 0 Å². The van der Waals surface area contributed by atoms with Gasteiger partial charge in [0.2, 0.25) is 0 Å². The lowest BCUT2D eigenvalue weighted by Crippen LogP contribution is -2.13. The van der Waals surface area contributed by atoms with Crippen LogP contribution in [0.1, 0.15) is 39.2 Å². The highest BCUT2D eigenvalue weighted by Gasteiger charge is 2.09. The van der Waals surface area contributed by atoms with Crippen molar-refractivity contribution in [2.75, 3.05) is 19.8 Å². The Morgan fingerprint density at radius 3 is 2.50 bits per heavy atom. The van der Waals surface area contributed by atoms with Crippen molar-refractivity contribution in [3.05, 3.63) is 29.8 Å². The molecule has 2 N–H and O–H groups in total. The zero-order valence-electron chi connectivity index (χ0n) is 12.6. The van der Waals surface area contributed by atoms with Gasteiger partial charge in [-0.05, 0) is 24.0 Å². The third-order valence-electron chi connectivity index (χ3n) is 2.84. The Morgan fingerprint density at radius 2 is 1.85 bits per heavy atom. The van der Waals surface area contributed by atoms with Gasteiger partial charge in [0.1, 0.15) is 10.7 Å². The molecule has 0 unspecified atom stereocenters. The van der Waals surface area contributed by atoms with E-state index in [1.165, 1.54) is 0 Å². The highest BCUT2D eigenvalue weighted by atomic mass is 32.1. The number of benzene rings is 1. The molecule has 20 heavy (non-hydrogen) atoms. The van der Waals surface area contributed by atoms with Crippen molar-refractivity contribution in [1.29, 1.82) is 0 Å². The Bertz CT molecular complexity index is 427. The molecule has 1 aromatic carbocycles. The van der Waals surface area contributed by atoms with Gasteiger partial charge in [-0.1, -0.05) is 45.1 Å². The molecule has 0 bridgehead atoms. The van der Waals surface area contributed by atoms with Crippen molar-refractivity contribution in [2.24, 2.45) is 11.1 Å². The highest BCUT2D eigenvalue weighted by molar-refractivity contribution is 7.80. The van der Waals surface area contributed by atoms with Gasteiger partial charge < -0.3 is 15.2 Å². The molecule has 112 valence electrons. The average molecular weight is 295 g/mol. The molecule has 0 radical (unpaired) electrons. The summed E-state index contributed by atoms with van der Waals surface area (Å²) in [5, 5.41) is 0. The fraction of sp³-hybridized carbons (Fsp3) is 0.562. The summed E-state index contributed by atoms with van der Waals surface area (Å²) in [5.74, 6) is 0.745. The summed E-state index contributed by atoms with van der Waals surface area (Å²) < 4.78 is 11.3. The Morgan fingerprint density at radius 1 is 1.15 bits per heavy atom. The molecule has 0 heterocycles. The van der Waals surface area contributed by atoms with Gasteiger partial charge in [0, 0.05) is 19.6 Å². The van der Waals surface area contributed by atoms with Gasteiger partial charge in [-0.15, -0.1) is 0 Å². The fourth-order valence-electron chi connectivity index (χ4n) is 1.62. The summed E-state index contributed by atoms with van der Waals surface area (Å²) in [4.78, 5) is 0.363. The fourth-order valence-corrected chi connectivity index (χ4v) is 1.79. The number of hydrogen-bond donors (Lipinski definition) is 1. The van der Waals surface area contributed by atoms with Crippen molar-refractivity contribution in [3.8, 4) is 5.75 Å². The zero-order valence-corrected chi connectivity index (χ0v) is 13.5. The zero-order chi connectivity index (χ0) is 15.0. The molecule has 0 aliphatic carbocycles. The first-order valence-electron chi connectivity index (χ1n) is 6.99. The minimum absolute atomic E-state index is 0.326. The Balaban J connectivity index is 2.20. The first kappa shape index (κ1) is 16.9. The number of nitrogens with two attached hydrogens (primary N) is 1. The molecular weight excluding hydrogens is 270 g/mol. The summed E-state index contributed by atoms with van der Waals surface area (Å²) in [5.41, 5.74) is 6.77. The third kappa shape index (κ3) is 6.87. The van der Waals surface area contributed by atoms with Crippen LogP contribution >= 0.6 is 12.2 Å². The molecular formula is C16H25NO2S. The average Bonchev–Trinajstić information content (AvgIpc) is 2.36. The van der Waals surface area contributed by atoms with Gasteiger partial charge in [-0.2, -0.15) is 0 Å². The van der Waals surface area contributed by atoms with Crippen molar-refractivity contribution in [2.45, 2.75) is 33.6 Å². The number of thiocarbonyl (C=S) groups is 1. The Labute approximate surface area is 127 Å². The SMILES string of the molecule is CC(C)(C)CCOCCCOc1ccccc1C(N)=S. The summed E-state index contributed by atoms with van der Waals surface area (Å²) in [6, 6.07) is 7.57. The van der Waals surface area contributed by atoms with Crippen LogP contribution in [-0.2, 0) is 4.74 Å². The molecule has 0 spiro atoms. The molecule has 0 aliphatic rings. The number of ether oxygens (including phenoxy) is 2. The summed E-state index contributed by atoms with van der Waals surface area (Å²) in [7, 11) is 0. The van der Waals surface area contributed by atoms with Gasteiger partial charge in [0.15, 0.2) is 0 Å². The van der Waals surface area contributed by atoms with Crippen LogP contribution in [0.2, 0.25) is 0 Å². The second kappa shape index (κ2) is 8.22. The molecule has 3 nitrogen and oxygen atoms in total. The molecule has 0 amide bonds. The van der Waals surface area contributed by atoms with Crippen molar-refractivity contribution in [3.63, 3.8) is 0 Å². The van der Waals surface area contributed by atoms with Gasteiger partial charge in [0.25, 0.3) is 0 Å². The van der Waals surface area contributed by atoms with Crippen LogP contribution < -0.4 is 10.5 Å². The molecule has 0 saturated heterocycles. The lowest BCUT2D eigenvalue weighted by atomic mass is 9.93. The maximum atomic E-state index is 5.70. The van der Waals surface area contributed by atoms with Crippen LogP contribution in [0.15, 0.2) is 24.3 Å². The molecule has 0 aliphatic heterocycles. The molecule has 0 saturated carbocycles. The predicted octanol–water partition coefficient (Wildman–Crippen LogP) is 3.54. The number of para-hydroxylation sites is 1. The molecule has 0 atom stereocenters. The standard InChI is InChI=1S/C16H25NO2S/c1-16(2,3)9-12-18-10-6-11-19-14-8-5-4-7-13(14)15(17)20/h4-5,7-8H,6,9-12H2,1-3H3,(H2,17,20). The molecule has 0 aromatic heterocycles. The van der Waals surface area contributed by atoms with E-state index in [1.807, 2.05) is 24.3 Å². The van der Waals surface area contributed by atoms with E-state index in [4.69, 9.17) is 27.4 Å². The van der Waals surface area contributed by atoms with Crippen LogP contribution in [0.5, 0.6) is 5.75 Å². The van der Waals surface area contributed by atoms with Crippen LogP contribution in [0, 0.1) is 5.41 Å². The van der Waals surface area contributed by atoms with Crippen LogP contribution in [0.4, 0.5) is 0 Å². The first-order valence-corrected chi connectivity index (χ1v) is 7.40. The van der Waals surface area contributed by atoms with E-state index in [-0.39, 0.29) is 0 Å². The summed E-state index contributed by atoms with van der Waals surface area (Å²) in [6.45, 7) is 8.76. The lowest BCUT2D eigenvalue weighted by Gasteiger charge is -2.17. The van der Waals surface area contributed by atoms with E-state index in [0.29, 0.717) is 23.6 Å². The smallest absolute Gasteiger partial charge is 0.129 e. The lowest BCUT2D eigenvalue weighted by molar-refractivity contribution is 0.0973. The van der Waals surface area contributed by atoms with Crippen LogP contribution in [0.25, 0.3) is 0 Å². The Hall–Kier alpha value is -1.13. The normalized spacial score (nSPS) is 11.3. The van der Waals surface area contributed by atoms with Crippen LogP contribution in [0.3, 0.4) is 0 Å². The summed E-state index contributed by atoms with van der Waals surface area (Å²) in [6.07, 6.45) is 1.92. The van der Waals surface area contributed by atoms with E-state index >= 15 is 0 Å². The quantitative estimate of drug-likeness (QED) is 0.588. The molecule has 1 rings (SSSR count). The van der Waals surface area contributed by atoms with Crippen molar-refractivity contribution < 1.29 is 9.47 Å². The van der Waals surface area contributed by atoms with Crippen molar-refractivity contribution >= 4 is 17.2 Å². The molecule has 1 aromatic rings. The maximum Gasteiger partial charge on any atom is 0.129 e. The summed E-state index contributed by atoms with van der Waals surface area (Å²) >= 11 is 4.99.